The van der Waals surface area contributed by atoms with E-state index in [4.69, 9.17) is 9.72 Å². The van der Waals surface area contributed by atoms with Crippen molar-refractivity contribution in [3.8, 4) is 5.69 Å². The molecule has 2 aliphatic rings. The molecule has 0 bridgehead atoms. The monoisotopic (exact) mass is 588 g/mol. The number of esters is 1. The number of para-hydroxylation sites is 1. The van der Waals surface area contributed by atoms with Crippen molar-refractivity contribution in [1.29, 1.82) is 0 Å². The third-order valence-corrected chi connectivity index (χ3v) is 9.41. The van der Waals surface area contributed by atoms with E-state index in [0.717, 1.165) is 46.1 Å². The van der Waals surface area contributed by atoms with Crippen molar-refractivity contribution in [2.45, 2.75) is 74.7 Å². The maximum Gasteiger partial charge on any atom is 0.309 e. The Morgan fingerprint density at radius 3 is 2.43 bits per heavy atom. The van der Waals surface area contributed by atoms with Crippen LogP contribution < -0.4 is 10.9 Å². The van der Waals surface area contributed by atoms with Crippen LogP contribution in [0.2, 0.25) is 0 Å². The van der Waals surface area contributed by atoms with Gasteiger partial charge in [0.1, 0.15) is 0 Å². The first-order chi connectivity index (χ1) is 20.5. The molecule has 1 aromatic heterocycles. The van der Waals surface area contributed by atoms with Gasteiger partial charge < -0.3 is 15.0 Å². The third-order valence-electron chi connectivity index (χ3n) is 8.12. The Bertz CT molecular complexity index is 1420. The van der Waals surface area contributed by atoms with Gasteiger partial charge in [0.05, 0.1) is 24.9 Å². The van der Waals surface area contributed by atoms with E-state index in [2.05, 4.69) is 5.32 Å². The maximum absolute atomic E-state index is 13.9. The molecular formula is C33H40N4O4S. The minimum atomic E-state index is -0.257. The summed E-state index contributed by atoms with van der Waals surface area (Å²) in [5, 5.41) is 4.61. The Hall–Kier alpha value is -3.43. The summed E-state index contributed by atoms with van der Waals surface area (Å²) in [5.74, 6) is -0.170. The van der Waals surface area contributed by atoms with Crippen molar-refractivity contribution < 1.29 is 14.3 Å². The van der Waals surface area contributed by atoms with Gasteiger partial charge in [-0.2, -0.15) is 0 Å². The van der Waals surface area contributed by atoms with Gasteiger partial charge in [-0.25, -0.2) is 4.98 Å². The van der Waals surface area contributed by atoms with Crippen LogP contribution in [0.1, 0.15) is 60.9 Å². The van der Waals surface area contributed by atoms with Gasteiger partial charge in [0.25, 0.3) is 5.56 Å². The number of ether oxygens (including phenoxy) is 1. The summed E-state index contributed by atoms with van der Waals surface area (Å²) in [4.78, 5) is 45.4. The minimum Gasteiger partial charge on any atom is -0.469 e. The lowest BCUT2D eigenvalue weighted by atomic mass is 10.0. The second kappa shape index (κ2) is 14.6. The predicted octanol–water partition coefficient (Wildman–Crippen LogP) is 4.48. The van der Waals surface area contributed by atoms with Crippen LogP contribution in [0.4, 0.5) is 0 Å². The number of carbonyl (C=O) groups is 2. The summed E-state index contributed by atoms with van der Waals surface area (Å²) < 4.78 is 6.51. The normalized spacial score (nSPS) is 15.6. The predicted molar refractivity (Wildman–Crippen MR) is 165 cm³/mol. The standard InChI is InChI=1S/C33H40N4O4S/c1-41-31(39)22-24-12-14-25(15-13-24)23-34-19-16-30(38)36-20-17-28-29(18-21-36)35-33(42-27-10-6-3-7-11-27)37(32(28)40)26-8-4-2-5-9-26/h2,4-5,8-9,12-15,27,34H,3,6-7,10-11,16-23H2,1H3. The number of nitrogens with one attached hydrogen (secondary N) is 1. The fraction of sp³-hybridized carbons (Fsp3) is 0.455. The molecular weight excluding hydrogens is 548 g/mol. The summed E-state index contributed by atoms with van der Waals surface area (Å²) in [7, 11) is 1.39. The molecule has 1 aliphatic heterocycles. The molecule has 0 atom stereocenters. The average molecular weight is 589 g/mol. The van der Waals surface area contributed by atoms with E-state index >= 15 is 0 Å². The lowest BCUT2D eigenvalue weighted by molar-refractivity contribution is -0.139. The zero-order valence-corrected chi connectivity index (χ0v) is 25.2. The molecule has 8 nitrogen and oxygen atoms in total. The second-order valence-electron chi connectivity index (χ2n) is 11.1. The number of thioether (sulfide) groups is 1. The van der Waals surface area contributed by atoms with Crippen molar-refractivity contribution in [1.82, 2.24) is 19.8 Å². The molecule has 0 saturated heterocycles. The number of amides is 1. The lowest BCUT2D eigenvalue weighted by Gasteiger charge is -2.23. The van der Waals surface area contributed by atoms with Crippen molar-refractivity contribution in [2.24, 2.45) is 0 Å². The van der Waals surface area contributed by atoms with E-state index in [9.17, 15) is 14.4 Å². The minimum absolute atomic E-state index is 0.00178. The fourth-order valence-corrected chi connectivity index (χ4v) is 7.02. The first-order valence-electron chi connectivity index (χ1n) is 15.0. The Kier molecular flexibility index (Phi) is 10.5. The molecule has 5 rings (SSSR count). The zero-order valence-electron chi connectivity index (χ0n) is 24.3. The molecule has 1 N–H and O–H groups in total. The van der Waals surface area contributed by atoms with Crippen molar-refractivity contribution in [3.05, 3.63) is 87.3 Å². The van der Waals surface area contributed by atoms with Crippen molar-refractivity contribution in [2.75, 3.05) is 26.7 Å². The average Bonchev–Trinajstić information content (AvgIpc) is 3.24. The molecule has 0 unspecified atom stereocenters. The van der Waals surface area contributed by atoms with Crippen LogP contribution in [0.3, 0.4) is 0 Å². The molecule has 2 heterocycles. The highest BCUT2D eigenvalue weighted by Gasteiger charge is 2.26. The first kappa shape index (κ1) is 30.0. The SMILES string of the molecule is COC(=O)Cc1ccc(CNCCC(=O)N2CCc3nc(SC4CCCCC4)n(-c4ccccc4)c(=O)c3CC2)cc1. The van der Waals surface area contributed by atoms with Gasteiger partial charge >= 0.3 is 5.97 Å². The molecule has 9 heteroatoms. The molecule has 3 aromatic rings. The number of benzene rings is 2. The van der Waals surface area contributed by atoms with Crippen molar-refractivity contribution in [3.63, 3.8) is 0 Å². The van der Waals surface area contributed by atoms with Gasteiger partial charge in [-0.3, -0.25) is 19.0 Å². The Morgan fingerprint density at radius 2 is 1.69 bits per heavy atom. The summed E-state index contributed by atoms with van der Waals surface area (Å²) in [6, 6.07) is 17.6. The number of carbonyl (C=O) groups excluding carboxylic acids is 2. The maximum atomic E-state index is 13.9. The second-order valence-corrected chi connectivity index (χ2v) is 12.3. The van der Waals surface area contributed by atoms with E-state index < -0.39 is 0 Å². The van der Waals surface area contributed by atoms with Crippen molar-refractivity contribution >= 4 is 23.6 Å². The van der Waals surface area contributed by atoms with E-state index in [1.54, 1.807) is 16.3 Å². The number of methoxy groups -OCH3 is 1. The lowest BCUT2D eigenvalue weighted by Crippen LogP contribution is -2.35. The number of hydrogen-bond donors (Lipinski definition) is 1. The molecule has 1 amide bonds. The van der Waals surface area contributed by atoms with Crippen LogP contribution in [0.5, 0.6) is 0 Å². The van der Waals surface area contributed by atoms with Gasteiger partial charge in [-0.1, -0.05) is 73.5 Å². The summed E-state index contributed by atoms with van der Waals surface area (Å²) in [6.45, 7) is 2.30. The summed E-state index contributed by atoms with van der Waals surface area (Å²) in [5.41, 5.74) is 4.41. The topological polar surface area (TPSA) is 93.5 Å². The molecule has 0 spiro atoms. The summed E-state index contributed by atoms with van der Waals surface area (Å²) in [6.07, 6.45) is 7.81. The molecule has 1 aliphatic carbocycles. The largest absolute Gasteiger partial charge is 0.469 e. The Labute approximate surface area is 251 Å². The number of fused-ring (bicyclic) bond motifs is 1. The Morgan fingerprint density at radius 1 is 0.976 bits per heavy atom. The Balaban J connectivity index is 1.20. The van der Waals surface area contributed by atoms with Crippen LogP contribution >= 0.6 is 11.8 Å². The van der Waals surface area contributed by atoms with Gasteiger partial charge in [-0.15, -0.1) is 0 Å². The molecule has 2 aromatic carbocycles. The van der Waals surface area contributed by atoms with Gasteiger partial charge in [0.15, 0.2) is 5.16 Å². The zero-order chi connectivity index (χ0) is 29.3. The van der Waals surface area contributed by atoms with Crippen LogP contribution in [-0.2, 0) is 40.1 Å². The number of rotatable bonds is 10. The van der Waals surface area contributed by atoms with Crippen LogP contribution in [0, 0.1) is 0 Å². The highest BCUT2D eigenvalue weighted by Crippen LogP contribution is 2.33. The highest BCUT2D eigenvalue weighted by molar-refractivity contribution is 7.99. The molecule has 1 saturated carbocycles. The van der Waals surface area contributed by atoms with Crippen LogP contribution in [0.15, 0.2) is 64.5 Å². The number of nitrogens with zero attached hydrogens (tertiary/aromatic N) is 3. The fourth-order valence-electron chi connectivity index (χ4n) is 5.70. The molecule has 1 fully saturated rings. The summed E-state index contributed by atoms with van der Waals surface area (Å²) >= 11 is 1.75. The molecule has 0 radical (unpaired) electrons. The van der Waals surface area contributed by atoms with E-state index in [1.165, 1.54) is 26.4 Å². The smallest absolute Gasteiger partial charge is 0.309 e. The molecule has 222 valence electrons. The van der Waals surface area contributed by atoms with Crippen LogP contribution in [0.25, 0.3) is 5.69 Å². The van der Waals surface area contributed by atoms with E-state index in [1.807, 2.05) is 59.5 Å². The number of aromatic nitrogens is 2. The number of hydrogen-bond acceptors (Lipinski definition) is 7. The van der Waals surface area contributed by atoms with Gasteiger partial charge in [0, 0.05) is 49.8 Å². The van der Waals surface area contributed by atoms with E-state index in [0.29, 0.717) is 50.7 Å². The quantitative estimate of drug-likeness (QED) is 0.212. The molecule has 42 heavy (non-hydrogen) atoms. The van der Waals surface area contributed by atoms with Crippen LogP contribution in [-0.4, -0.2) is 58.3 Å². The van der Waals surface area contributed by atoms with E-state index in [-0.39, 0.29) is 23.9 Å². The van der Waals surface area contributed by atoms with Gasteiger partial charge in [-0.05, 0) is 42.5 Å². The highest BCUT2D eigenvalue weighted by atomic mass is 32.2. The van der Waals surface area contributed by atoms with Gasteiger partial charge in [0.2, 0.25) is 5.91 Å². The first-order valence-corrected chi connectivity index (χ1v) is 15.9. The third kappa shape index (κ3) is 7.69.